The molecule has 4 aromatic rings. The summed E-state index contributed by atoms with van der Waals surface area (Å²) in [7, 11) is 0. The maximum absolute atomic E-state index is 11.7. The van der Waals surface area contributed by atoms with E-state index < -0.39 is 0 Å². The van der Waals surface area contributed by atoms with Gasteiger partial charge in [-0.1, -0.05) is 15.9 Å². The van der Waals surface area contributed by atoms with Crippen LogP contribution in [0.4, 0.5) is 0 Å². The second-order valence-corrected chi connectivity index (χ2v) is 7.66. The molecule has 0 bridgehead atoms. The van der Waals surface area contributed by atoms with Crippen molar-refractivity contribution in [2.45, 2.75) is 20.5 Å². The molecule has 142 valence electrons. The first-order valence-corrected chi connectivity index (χ1v) is 9.73. The zero-order chi connectivity index (χ0) is 19.8. The van der Waals surface area contributed by atoms with E-state index in [4.69, 9.17) is 21.4 Å². The molecule has 0 aliphatic carbocycles. The molecule has 1 N–H and O–H groups in total. The Kier molecular flexibility index (Phi) is 4.91. The molecule has 0 saturated carbocycles. The molecule has 2 aromatic carbocycles. The molecule has 0 unspecified atom stereocenters. The van der Waals surface area contributed by atoms with Crippen LogP contribution >= 0.6 is 28.1 Å². The first-order valence-electron chi connectivity index (χ1n) is 8.53. The average molecular weight is 458 g/mol. The summed E-state index contributed by atoms with van der Waals surface area (Å²) in [4.78, 5) is 11.7. The second-order valence-electron chi connectivity index (χ2n) is 6.36. The van der Waals surface area contributed by atoms with E-state index in [9.17, 15) is 4.79 Å². The quantitative estimate of drug-likeness (QED) is 0.345. The van der Waals surface area contributed by atoms with Crippen LogP contribution in [0.1, 0.15) is 17.0 Å². The Morgan fingerprint density at radius 3 is 2.71 bits per heavy atom. The number of benzene rings is 2. The van der Waals surface area contributed by atoms with E-state index in [1.165, 1.54) is 6.07 Å². The molecule has 0 aliphatic heterocycles. The van der Waals surface area contributed by atoms with Gasteiger partial charge in [-0.3, -0.25) is 9.67 Å². The van der Waals surface area contributed by atoms with Gasteiger partial charge in [0.1, 0.15) is 17.9 Å². The summed E-state index contributed by atoms with van der Waals surface area (Å²) in [6, 6.07) is 13.0. The second kappa shape index (κ2) is 7.37. The van der Waals surface area contributed by atoms with Gasteiger partial charge in [0, 0.05) is 27.2 Å². The van der Waals surface area contributed by atoms with E-state index in [1.54, 1.807) is 0 Å². The molecule has 0 radical (unpaired) electrons. The minimum atomic E-state index is -0.374. The van der Waals surface area contributed by atoms with E-state index in [-0.39, 0.29) is 12.2 Å². The Balaban J connectivity index is 1.68. The fourth-order valence-corrected chi connectivity index (χ4v) is 3.60. The molecule has 0 saturated heterocycles. The highest BCUT2D eigenvalue weighted by Crippen LogP contribution is 2.28. The third-order valence-corrected chi connectivity index (χ3v) is 5.30. The zero-order valence-electron chi connectivity index (χ0n) is 15.2. The topological polar surface area (TPSA) is 73.1 Å². The Labute approximate surface area is 173 Å². The Hall–Kier alpha value is -2.71. The molecular formula is C20H16BrN3O3S. The SMILES string of the molecule is Cc1cc(=O)oc2c(C)c(OCc3n[nH]c(=S)n3-c3ccc(Br)cc3)ccc12. The predicted octanol–water partition coefficient (Wildman–Crippen LogP) is 4.99. The molecule has 8 heteroatoms. The molecule has 4 rings (SSSR count). The highest BCUT2D eigenvalue weighted by molar-refractivity contribution is 9.10. The van der Waals surface area contributed by atoms with Crippen LogP contribution < -0.4 is 10.4 Å². The average Bonchev–Trinajstić information content (AvgIpc) is 3.03. The number of fused-ring (bicyclic) bond motifs is 1. The third-order valence-electron chi connectivity index (χ3n) is 4.50. The summed E-state index contributed by atoms with van der Waals surface area (Å²) in [6.45, 7) is 3.95. The number of nitrogens with zero attached hydrogens (tertiary/aromatic N) is 2. The van der Waals surface area contributed by atoms with Gasteiger partial charge >= 0.3 is 5.63 Å². The van der Waals surface area contributed by atoms with Gasteiger partial charge in [0.15, 0.2) is 10.6 Å². The largest absolute Gasteiger partial charge is 0.485 e. The number of nitrogens with one attached hydrogen (secondary N) is 1. The lowest BCUT2D eigenvalue weighted by Crippen LogP contribution is -2.07. The fraction of sp³-hybridized carbons (Fsp3) is 0.150. The van der Waals surface area contributed by atoms with Gasteiger partial charge < -0.3 is 9.15 Å². The zero-order valence-corrected chi connectivity index (χ0v) is 17.6. The number of aromatic nitrogens is 3. The minimum absolute atomic E-state index is 0.200. The molecule has 0 amide bonds. The van der Waals surface area contributed by atoms with E-state index in [0.717, 1.165) is 26.7 Å². The van der Waals surface area contributed by atoms with Crippen molar-refractivity contribution in [2.24, 2.45) is 0 Å². The van der Waals surface area contributed by atoms with Crippen molar-refractivity contribution in [1.29, 1.82) is 0 Å². The Morgan fingerprint density at radius 1 is 1.21 bits per heavy atom. The smallest absolute Gasteiger partial charge is 0.336 e. The van der Waals surface area contributed by atoms with Crippen LogP contribution in [-0.2, 0) is 6.61 Å². The van der Waals surface area contributed by atoms with E-state index in [0.29, 0.717) is 21.9 Å². The van der Waals surface area contributed by atoms with Crippen LogP contribution in [0, 0.1) is 18.6 Å². The van der Waals surface area contributed by atoms with Crippen molar-refractivity contribution in [3.8, 4) is 11.4 Å². The van der Waals surface area contributed by atoms with E-state index >= 15 is 0 Å². The summed E-state index contributed by atoms with van der Waals surface area (Å²) in [6.07, 6.45) is 0. The van der Waals surface area contributed by atoms with Crippen LogP contribution in [0.5, 0.6) is 5.75 Å². The molecule has 0 atom stereocenters. The lowest BCUT2D eigenvalue weighted by atomic mass is 10.1. The summed E-state index contributed by atoms with van der Waals surface area (Å²) >= 11 is 8.79. The highest BCUT2D eigenvalue weighted by Gasteiger charge is 2.13. The molecule has 0 spiro atoms. The van der Waals surface area contributed by atoms with Crippen molar-refractivity contribution in [3.63, 3.8) is 0 Å². The summed E-state index contributed by atoms with van der Waals surface area (Å²) < 4.78 is 14.7. The maximum Gasteiger partial charge on any atom is 0.336 e. The lowest BCUT2D eigenvalue weighted by Gasteiger charge is -2.12. The normalized spacial score (nSPS) is 11.1. The summed E-state index contributed by atoms with van der Waals surface area (Å²) in [5.41, 5.74) is 2.69. The Morgan fingerprint density at radius 2 is 1.96 bits per heavy atom. The fourth-order valence-electron chi connectivity index (χ4n) is 3.08. The molecule has 28 heavy (non-hydrogen) atoms. The van der Waals surface area contributed by atoms with E-state index in [1.807, 2.05) is 54.8 Å². The molecular weight excluding hydrogens is 442 g/mol. The molecule has 2 aromatic heterocycles. The molecule has 0 aliphatic rings. The highest BCUT2D eigenvalue weighted by atomic mass is 79.9. The van der Waals surface area contributed by atoms with Crippen LogP contribution in [0.25, 0.3) is 16.7 Å². The van der Waals surface area contributed by atoms with Crippen molar-refractivity contribution in [1.82, 2.24) is 14.8 Å². The van der Waals surface area contributed by atoms with Crippen molar-refractivity contribution in [3.05, 3.63) is 79.1 Å². The number of aromatic amines is 1. The number of hydrogen-bond acceptors (Lipinski definition) is 5. The van der Waals surface area contributed by atoms with Crippen molar-refractivity contribution < 1.29 is 9.15 Å². The van der Waals surface area contributed by atoms with E-state index in [2.05, 4.69) is 26.1 Å². The monoisotopic (exact) mass is 457 g/mol. The van der Waals surface area contributed by atoms with Gasteiger partial charge in [-0.25, -0.2) is 4.79 Å². The van der Waals surface area contributed by atoms with Crippen LogP contribution in [0.3, 0.4) is 0 Å². The first kappa shape index (κ1) is 18.6. The third kappa shape index (κ3) is 3.41. The number of hydrogen-bond donors (Lipinski definition) is 1. The molecule has 2 heterocycles. The number of rotatable bonds is 4. The van der Waals surface area contributed by atoms with Crippen LogP contribution in [-0.4, -0.2) is 14.8 Å². The van der Waals surface area contributed by atoms with Gasteiger partial charge in [-0.05, 0) is 68.0 Å². The number of H-pyrrole nitrogens is 1. The van der Waals surface area contributed by atoms with Crippen LogP contribution in [0.2, 0.25) is 0 Å². The van der Waals surface area contributed by atoms with Gasteiger partial charge in [-0.15, -0.1) is 0 Å². The molecule has 6 nitrogen and oxygen atoms in total. The van der Waals surface area contributed by atoms with Crippen molar-refractivity contribution in [2.75, 3.05) is 0 Å². The van der Waals surface area contributed by atoms with Gasteiger partial charge in [-0.2, -0.15) is 5.10 Å². The first-order chi connectivity index (χ1) is 13.4. The van der Waals surface area contributed by atoms with Crippen LogP contribution in [0.15, 0.2) is 56.1 Å². The summed E-state index contributed by atoms with van der Waals surface area (Å²) in [5.74, 6) is 1.26. The Bertz CT molecular complexity index is 1290. The van der Waals surface area contributed by atoms with Crippen molar-refractivity contribution >= 4 is 39.1 Å². The predicted molar refractivity (Wildman–Crippen MR) is 113 cm³/mol. The van der Waals surface area contributed by atoms with Gasteiger partial charge in [0.05, 0.1) is 0 Å². The number of halogens is 1. The maximum atomic E-state index is 11.7. The van der Waals surface area contributed by atoms with Gasteiger partial charge in [0.25, 0.3) is 0 Å². The number of aryl methyl sites for hydroxylation is 2. The lowest BCUT2D eigenvalue weighted by molar-refractivity contribution is 0.291. The number of ether oxygens (including phenoxy) is 1. The molecule has 0 fully saturated rings. The summed E-state index contributed by atoms with van der Waals surface area (Å²) in [5, 5.41) is 7.99. The standard InChI is InChI=1S/C20H16BrN3O3S/c1-11-9-18(25)27-19-12(2)16(8-7-15(11)19)26-10-17-22-23-20(28)24(17)14-5-3-13(21)4-6-14/h3-9H,10H2,1-2H3,(H,23,28). The van der Waals surface area contributed by atoms with Gasteiger partial charge in [0.2, 0.25) is 0 Å². The minimum Gasteiger partial charge on any atom is -0.485 e.